The van der Waals surface area contributed by atoms with Gasteiger partial charge in [0.2, 0.25) is 15.9 Å². The number of hydrogen-bond acceptors (Lipinski definition) is 4. The Balaban J connectivity index is 2.38. The van der Waals surface area contributed by atoms with E-state index in [-0.39, 0.29) is 16.7 Å². The number of hydrogen-bond donors (Lipinski definition) is 1. The van der Waals surface area contributed by atoms with Crippen LogP contribution in [0.25, 0.3) is 0 Å². The van der Waals surface area contributed by atoms with Crippen LogP contribution in [0.1, 0.15) is 40.0 Å². The lowest BCUT2D eigenvalue weighted by molar-refractivity contribution is -0.118. The number of piperidine rings is 1. The van der Waals surface area contributed by atoms with E-state index in [4.69, 9.17) is 4.74 Å². The van der Waals surface area contributed by atoms with E-state index in [0.29, 0.717) is 31.1 Å². The molecule has 7 heteroatoms. The Morgan fingerprint density at radius 2 is 1.92 bits per heavy atom. The number of amides is 1. The van der Waals surface area contributed by atoms with Crippen LogP contribution in [0.4, 0.5) is 5.69 Å². The maximum atomic E-state index is 13.0. The van der Waals surface area contributed by atoms with Crippen molar-refractivity contribution in [3.63, 3.8) is 0 Å². The zero-order chi connectivity index (χ0) is 17.7. The van der Waals surface area contributed by atoms with Crippen LogP contribution in [0.15, 0.2) is 23.1 Å². The number of nitrogens with zero attached hydrogens (tertiary/aromatic N) is 1. The third-order valence-electron chi connectivity index (χ3n) is 3.97. The van der Waals surface area contributed by atoms with Crippen molar-refractivity contribution in [1.82, 2.24) is 4.31 Å². The number of nitrogens with one attached hydrogen (secondary N) is 1. The molecule has 2 rings (SSSR count). The Bertz CT molecular complexity index is 680. The molecule has 24 heavy (non-hydrogen) atoms. The Kier molecular flexibility index (Phi) is 6.23. The molecule has 0 bridgehead atoms. The van der Waals surface area contributed by atoms with E-state index in [9.17, 15) is 13.2 Å². The first-order chi connectivity index (χ1) is 11.4. The Hall–Kier alpha value is -1.60. The molecule has 1 aliphatic rings. The highest BCUT2D eigenvalue weighted by molar-refractivity contribution is 7.89. The van der Waals surface area contributed by atoms with Gasteiger partial charge in [0, 0.05) is 24.7 Å². The highest BCUT2D eigenvalue weighted by Crippen LogP contribution is 2.31. The Labute approximate surface area is 144 Å². The van der Waals surface area contributed by atoms with Gasteiger partial charge in [-0.15, -0.1) is 0 Å². The minimum Gasteiger partial charge on any atom is -0.492 e. The number of carbonyl (C=O) groups is 1. The third kappa shape index (κ3) is 4.27. The van der Waals surface area contributed by atoms with Crippen LogP contribution in [0.2, 0.25) is 0 Å². The van der Waals surface area contributed by atoms with Gasteiger partial charge in [-0.3, -0.25) is 4.79 Å². The number of sulfonamides is 1. The molecule has 0 radical (unpaired) electrons. The van der Waals surface area contributed by atoms with Crippen LogP contribution >= 0.6 is 0 Å². The molecule has 0 unspecified atom stereocenters. The van der Waals surface area contributed by atoms with E-state index in [0.717, 1.165) is 19.3 Å². The average molecular weight is 354 g/mol. The minimum atomic E-state index is -3.64. The molecule has 1 N–H and O–H groups in total. The molecule has 1 heterocycles. The summed E-state index contributed by atoms with van der Waals surface area (Å²) in [5, 5.41) is 2.75. The molecule has 1 aromatic rings. The van der Waals surface area contributed by atoms with Gasteiger partial charge in [0.1, 0.15) is 10.6 Å². The number of carbonyl (C=O) groups excluding carboxylic acids is 1. The number of ether oxygens (including phenoxy) is 1. The molecule has 6 nitrogen and oxygen atoms in total. The van der Waals surface area contributed by atoms with E-state index in [1.54, 1.807) is 26.0 Å². The first-order valence-electron chi connectivity index (χ1n) is 8.44. The molecule has 0 spiro atoms. The van der Waals surface area contributed by atoms with Crippen LogP contribution < -0.4 is 10.1 Å². The second-order valence-corrected chi connectivity index (χ2v) is 8.11. The summed E-state index contributed by atoms with van der Waals surface area (Å²) in [6, 6.07) is 4.77. The summed E-state index contributed by atoms with van der Waals surface area (Å²) in [6.45, 7) is 6.81. The van der Waals surface area contributed by atoms with Gasteiger partial charge in [-0.1, -0.05) is 20.3 Å². The highest BCUT2D eigenvalue weighted by Gasteiger charge is 2.29. The molecule has 0 aliphatic carbocycles. The molecule has 1 aromatic carbocycles. The smallest absolute Gasteiger partial charge is 0.246 e. The Morgan fingerprint density at radius 1 is 1.25 bits per heavy atom. The van der Waals surface area contributed by atoms with E-state index >= 15 is 0 Å². The number of anilines is 1. The molecule has 0 atom stereocenters. The fourth-order valence-electron chi connectivity index (χ4n) is 2.59. The maximum Gasteiger partial charge on any atom is 0.246 e. The predicted molar refractivity (Wildman–Crippen MR) is 93.7 cm³/mol. The zero-order valence-electron chi connectivity index (χ0n) is 14.5. The molecule has 1 saturated heterocycles. The normalized spacial score (nSPS) is 16.2. The first-order valence-corrected chi connectivity index (χ1v) is 9.88. The summed E-state index contributed by atoms with van der Waals surface area (Å²) < 4.78 is 33.0. The molecule has 1 amide bonds. The Morgan fingerprint density at radius 3 is 2.50 bits per heavy atom. The number of rotatable bonds is 6. The minimum absolute atomic E-state index is 0.118. The second-order valence-electron chi connectivity index (χ2n) is 6.20. The quantitative estimate of drug-likeness (QED) is 0.852. The average Bonchev–Trinajstić information content (AvgIpc) is 2.57. The van der Waals surface area contributed by atoms with Gasteiger partial charge in [-0.25, -0.2) is 8.42 Å². The third-order valence-corrected chi connectivity index (χ3v) is 5.89. The van der Waals surface area contributed by atoms with Crippen LogP contribution in [-0.2, 0) is 14.8 Å². The predicted octanol–water partition coefficient (Wildman–Crippen LogP) is 2.85. The van der Waals surface area contributed by atoms with E-state index in [2.05, 4.69) is 5.32 Å². The second kappa shape index (κ2) is 7.98. The molecule has 1 aliphatic heterocycles. The van der Waals surface area contributed by atoms with E-state index < -0.39 is 10.0 Å². The lowest BCUT2D eigenvalue weighted by Crippen LogP contribution is -2.35. The standard InChI is InChI=1S/C17H26N2O4S/c1-4-23-15-9-8-14(18-17(20)13(2)3)12-16(15)24(21,22)19-10-6-5-7-11-19/h8-9,12-13H,4-7,10-11H2,1-3H3,(H,18,20). The highest BCUT2D eigenvalue weighted by atomic mass is 32.2. The van der Waals surface area contributed by atoms with Gasteiger partial charge in [-0.2, -0.15) is 4.31 Å². The number of benzene rings is 1. The molecular formula is C17H26N2O4S. The van der Waals surface area contributed by atoms with Gasteiger partial charge < -0.3 is 10.1 Å². The van der Waals surface area contributed by atoms with Crippen molar-refractivity contribution in [2.75, 3.05) is 25.0 Å². The van der Waals surface area contributed by atoms with Gasteiger partial charge in [0.05, 0.1) is 6.61 Å². The first kappa shape index (κ1) is 18.7. The van der Waals surface area contributed by atoms with Gasteiger partial charge >= 0.3 is 0 Å². The summed E-state index contributed by atoms with van der Waals surface area (Å²) in [5.74, 6) is -0.00943. The van der Waals surface area contributed by atoms with Gasteiger partial charge in [0.25, 0.3) is 0 Å². The van der Waals surface area contributed by atoms with Gasteiger partial charge in [-0.05, 0) is 38.0 Å². The van der Waals surface area contributed by atoms with Crippen LogP contribution in [0, 0.1) is 5.92 Å². The van der Waals surface area contributed by atoms with Crippen molar-refractivity contribution in [3.05, 3.63) is 18.2 Å². The SMILES string of the molecule is CCOc1ccc(NC(=O)C(C)C)cc1S(=O)(=O)N1CCCCC1. The largest absolute Gasteiger partial charge is 0.492 e. The van der Waals surface area contributed by atoms with Crippen molar-refractivity contribution in [1.29, 1.82) is 0 Å². The van der Waals surface area contributed by atoms with Crippen molar-refractivity contribution in [2.24, 2.45) is 5.92 Å². The molecule has 0 aromatic heterocycles. The van der Waals surface area contributed by atoms with Crippen LogP contribution in [-0.4, -0.2) is 38.3 Å². The van der Waals surface area contributed by atoms with E-state index in [1.807, 2.05) is 6.92 Å². The molecule has 0 saturated carbocycles. The van der Waals surface area contributed by atoms with E-state index in [1.165, 1.54) is 10.4 Å². The lowest BCUT2D eigenvalue weighted by atomic mass is 10.2. The fourth-order valence-corrected chi connectivity index (χ4v) is 4.27. The monoisotopic (exact) mass is 354 g/mol. The van der Waals surface area contributed by atoms with Gasteiger partial charge in [0.15, 0.2) is 0 Å². The fraction of sp³-hybridized carbons (Fsp3) is 0.588. The van der Waals surface area contributed by atoms with Crippen molar-refractivity contribution in [2.45, 2.75) is 44.9 Å². The lowest BCUT2D eigenvalue weighted by Gasteiger charge is -2.27. The molecule has 1 fully saturated rings. The van der Waals surface area contributed by atoms with Crippen molar-refractivity contribution < 1.29 is 17.9 Å². The summed E-state index contributed by atoms with van der Waals surface area (Å²) in [5.41, 5.74) is 0.465. The van der Waals surface area contributed by atoms with Crippen molar-refractivity contribution >= 4 is 21.6 Å². The summed E-state index contributed by atoms with van der Waals surface area (Å²) in [7, 11) is -3.64. The summed E-state index contributed by atoms with van der Waals surface area (Å²) in [4.78, 5) is 12.0. The molecule has 134 valence electrons. The summed E-state index contributed by atoms with van der Waals surface area (Å²) >= 11 is 0. The molecular weight excluding hydrogens is 328 g/mol. The van der Waals surface area contributed by atoms with Crippen molar-refractivity contribution in [3.8, 4) is 5.75 Å². The summed E-state index contributed by atoms with van der Waals surface area (Å²) in [6.07, 6.45) is 2.79. The maximum absolute atomic E-state index is 13.0. The van der Waals surface area contributed by atoms with Crippen LogP contribution in [0.5, 0.6) is 5.75 Å². The zero-order valence-corrected chi connectivity index (χ0v) is 15.4. The topological polar surface area (TPSA) is 75.7 Å². The van der Waals surface area contributed by atoms with Crippen LogP contribution in [0.3, 0.4) is 0 Å².